The van der Waals surface area contributed by atoms with Crippen LogP contribution < -0.4 is 5.32 Å². The number of halogens is 3. The molecule has 1 aliphatic rings. The third-order valence-corrected chi connectivity index (χ3v) is 4.63. The predicted octanol–water partition coefficient (Wildman–Crippen LogP) is 4.09. The second kappa shape index (κ2) is 6.95. The summed E-state index contributed by atoms with van der Waals surface area (Å²) in [7, 11) is 0. The zero-order chi connectivity index (χ0) is 20.6. The zero-order valence-electron chi connectivity index (χ0n) is 14.9. The lowest BCUT2D eigenvalue weighted by Crippen LogP contribution is -2.21. The van der Waals surface area contributed by atoms with Crippen LogP contribution in [0.15, 0.2) is 60.9 Å². The number of fused-ring (bicyclic) bond motifs is 1. The van der Waals surface area contributed by atoms with Gasteiger partial charge in [0.2, 0.25) is 0 Å². The van der Waals surface area contributed by atoms with Crippen LogP contribution in [0.4, 0.5) is 13.2 Å². The molecule has 0 saturated carbocycles. The number of nitrogens with one attached hydrogen (secondary N) is 1. The number of amides is 1. The second-order valence-corrected chi connectivity index (χ2v) is 6.42. The van der Waals surface area contributed by atoms with Crippen LogP contribution in [0.1, 0.15) is 32.9 Å². The van der Waals surface area contributed by atoms with E-state index in [0.29, 0.717) is 28.9 Å². The lowest BCUT2D eigenvalue weighted by atomic mass is 10.1. The number of aromatic nitrogens is 2. The van der Waals surface area contributed by atoms with Crippen molar-refractivity contribution in [2.45, 2.75) is 12.6 Å². The Bertz CT molecular complexity index is 1150. The number of carbonyl (C=O) groups excluding carboxylic acids is 1. The van der Waals surface area contributed by atoms with E-state index in [0.717, 1.165) is 17.8 Å². The first kappa shape index (κ1) is 18.5. The van der Waals surface area contributed by atoms with Crippen molar-refractivity contribution >= 4 is 11.6 Å². The van der Waals surface area contributed by atoms with Gasteiger partial charge in [0, 0.05) is 17.8 Å². The van der Waals surface area contributed by atoms with E-state index in [-0.39, 0.29) is 5.69 Å². The minimum absolute atomic E-state index is 0.243. The molecular formula is C21H13F3N4O. The Labute approximate surface area is 163 Å². The molecule has 1 amide bonds. The Hall–Kier alpha value is -3.86. The Balaban J connectivity index is 1.67. The summed E-state index contributed by atoms with van der Waals surface area (Å²) in [6.45, 7) is 0. The highest BCUT2D eigenvalue weighted by molar-refractivity contribution is 6.00. The molecule has 0 aliphatic carbocycles. The SMILES string of the molecule is N#Cc1ccc(-n2cnc3c2CC=C(c2ccc(C(F)(F)F)cc2)NC3=O)cc1. The fraction of sp³-hybridized carbons (Fsp3) is 0.0952. The summed E-state index contributed by atoms with van der Waals surface area (Å²) >= 11 is 0. The van der Waals surface area contributed by atoms with Crippen LogP contribution in [0.5, 0.6) is 0 Å². The number of imidazole rings is 1. The molecule has 1 aliphatic heterocycles. The van der Waals surface area contributed by atoms with Gasteiger partial charge >= 0.3 is 6.18 Å². The van der Waals surface area contributed by atoms with Crippen molar-refractivity contribution in [2.75, 3.05) is 0 Å². The van der Waals surface area contributed by atoms with Gasteiger partial charge in [-0.3, -0.25) is 4.79 Å². The van der Waals surface area contributed by atoms with Crippen LogP contribution in [0.25, 0.3) is 11.4 Å². The van der Waals surface area contributed by atoms with Crippen molar-refractivity contribution in [1.82, 2.24) is 14.9 Å². The van der Waals surface area contributed by atoms with Crippen molar-refractivity contribution in [1.29, 1.82) is 5.26 Å². The third-order valence-electron chi connectivity index (χ3n) is 4.63. The van der Waals surface area contributed by atoms with E-state index in [4.69, 9.17) is 5.26 Å². The highest BCUT2D eigenvalue weighted by atomic mass is 19.4. The third kappa shape index (κ3) is 3.50. The molecule has 2 aromatic carbocycles. The maximum absolute atomic E-state index is 12.8. The molecule has 0 bridgehead atoms. The monoisotopic (exact) mass is 394 g/mol. The molecule has 8 heteroatoms. The van der Waals surface area contributed by atoms with Gasteiger partial charge in [0.15, 0.2) is 0 Å². The molecule has 29 heavy (non-hydrogen) atoms. The maximum atomic E-state index is 12.8. The molecule has 0 radical (unpaired) electrons. The highest BCUT2D eigenvalue weighted by Crippen LogP contribution is 2.30. The number of nitriles is 1. The Morgan fingerprint density at radius 2 is 1.76 bits per heavy atom. The average molecular weight is 394 g/mol. The van der Waals surface area contributed by atoms with Crippen molar-refractivity contribution in [3.63, 3.8) is 0 Å². The molecule has 1 N–H and O–H groups in total. The lowest BCUT2D eigenvalue weighted by molar-refractivity contribution is -0.137. The molecule has 0 fully saturated rings. The van der Waals surface area contributed by atoms with Crippen molar-refractivity contribution < 1.29 is 18.0 Å². The Morgan fingerprint density at radius 3 is 2.38 bits per heavy atom. The Kier molecular flexibility index (Phi) is 4.43. The fourth-order valence-electron chi connectivity index (χ4n) is 3.14. The van der Waals surface area contributed by atoms with Crippen LogP contribution in [-0.2, 0) is 12.6 Å². The molecule has 4 rings (SSSR count). The van der Waals surface area contributed by atoms with Gasteiger partial charge in [0.25, 0.3) is 5.91 Å². The van der Waals surface area contributed by atoms with Gasteiger partial charge < -0.3 is 9.88 Å². The van der Waals surface area contributed by atoms with Gasteiger partial charge in [-0.1, -0.05) is 18.2 Å². The van der Waals surface area contributed by atoms with E-state index in [1.54, 1.807) is 34.9 Å². The summed E-state index contributed by atoms with van der Waals surface area (Å²) in [6, 6.07) is 13.5. The number of benzene rings is 2. The number of carbonyl (C=O) groups is 1. The number of nitrogens with zero attached hydrogens (tertiary/aromatic N) is 3. The molecular weight excluding hydrogens is 381 g/mol. The van der Waals surface area contributed by atoms with Gasteiger partial charge in [0.1, 0.15) is 12.0 Å². The largest absolute Gasteiger partial charge is 0.416 e. The normalized spacial score (nSPS) is 13.7. The first-order valence-electron chi connectivity index (χ1n) is 8.63. The van der Waals surface area contributed by atoms with Crippen molar-refractivity contribution in [2.24, 2.45) is 0 Å². The minimum atomic E-state index is -4.42. The highest BCUT2D eigenvalue weighted by Gasteiger charge is 2.30. The topological polar surface area (TPSA) is 70.7 Å². The standard InChI is InChI=1S/C21H13F3N4O/c22-21(23,24)15-5-3-14(4-6-15)17-9-10-18-19(20(29)27-17)26-12-28(18)16-7-1-13(11-25)2-8-16/h1-9,12H,10H2,(H,27,29). The van der Waals surface area contributed by atoms with Gasteiger partial charge in [-0.05, 0) is 42.0 Å². The van der Waals surface area contributed by atoms with Gasteiger partial charge in [-0.2, -0.15) is 18.4 Å². The van der Waals surface area contributed by atoms with E-state index in [9.17, 15) is 18.0 Å². The van der Waals surface area contributed by atoms with E-state index >= 15 is 0 Å². The molecule has 2 heterocycles. The first-order valence-corrected chi connectivity index (χ1v) is 8.63. The molecule has 1 aromatic heterocycles. The van der Waals surface area contributed by atoms with Crippen LogP contribution in [0, 0.1) is 11.3 Å². The summed E-state index contributed by atoms with van der Waals surface area (Å²) in [5.41, 5.74) is 2.30. The van der Waals surface area contributed by atoms with Crippen LogP contribution >= 0.6 is 0 Å². The minimum Gasteiger partial charge on any atom is -0.320 e. The zero-order valence-corrected chi connectivity index (χ0v) is 14.9. The van der Waals surface area contributed by atoms with E-state index in [2.05, 4.69) is 10.3 Å². The lowest BCUT2D eigenvalue weighted by Gasteiger charge is -2.10. The van der Waals surface area contributed by atoms with Crippen molar-refractivity contribution in [3.05, 3.63) is 89.0 Å². The summed E-state index contributed by atoms with van der Waals surface area (Å²) in [4.78, 5) is 16.8. The molecule has 0 atom stereocenters. The maximum Gasteiger partial charge on any atom is 0.416 e. The smallest absolute Gasteiger partial charge is 0.320 e. The van der Waals surface area contributed by atoms with Crippen LogP contribution in [-0.4, -0.2) is 15.5 Å². The van der Waals surface area contributed by atoms with Gasteiger partial charge in [-0.25, -0.2) is 4.98 Å². The summed E-state index contributed by atoms with van der Waals surface area (Å²) in [5, 5.41) is 11.6. The molecule has 0 spiro atoms. The van der Waals surface area contributed by atoms with Gasteiger partial charge in [0.05, 0.1) is 22.9 Å². The Morgan fingerprint density at radius 1 is 1.07 bits per heavy atom. The second-order valence-electron chi connectivity index (χ2n) is 6.42. The quantitative estimate of drug-likeness (QED) is 0.712. The molecule has 0 unspecified atom stereocenters. The van der Waals surface area contributed by atoms with E-state index in [1.807, 2.05) is 6.07 Å². The molecule has 3 aromatic rings. The summed E-state index contributed by atoms with van der Waals surface area (Å²) in [6.07, 6.45) is -0.792. The van der Waals surface area contributed by atoms with Crippen LogP contribution in [0.2, 0.25) is 0 Å². The number of alkyl halides is 3. The number of hydrogen-bond acceptors (Lipinski definition) is 3. The molecule has 0 saturated heterocycles. The van der Waals surface area contributed by atoms with Crippen LogP contribution in [0.3, 0.4) is 0 Å². The summed E-state index contributed by atoms with van der Waals surface area (Å²) < 4.78 is 40.1. The summed E-state index contributed by atoms with van der Waals surface area (Å²) in [5.74, 6) is -0.434. The number of allylic oxidation sites excluding steroid dienone is 1. The van der Waals surface area contributed by atoms with Gasteiger partial charge in [-0.15, -0.1) is 0 Å². The van der Waals surface area contributed by atoms with E-state index < -0.39 is 17.6 Å². The first-order chi connectivity index (χ1) is 13.9. The van der Waals surface area contributed by atoms with E-state index in [1.165, 1.54) is 18.5 Å². The number of hydrogen-bond donors (Lipinski definition) is 1. The van der Waals surface area contributed by atoms with Crippen molar-refractivity contribution in [3.8, 4) is 11.8 Å². The average Bonchev–Trinajstić information content (AvgIpc) is 3.07. The predicted molar refractivity (Wildman–Crippen MR) is 98.9 cm³/mol. The molecule has 144 valence electrons. The fourth-order valence-corrected chi connectivity index (χ4v) is 3.14. The number of rotatable bonds is 2. The molecule has 5 nitrogen and oxygen atoms in total.